The molecule has 1 aromatic carbocycles. The molecule has 1 aromatic rings. The Morgan fingerprint density at radius 3 is 2.04 bits per heavy atom. The lowest BCUT2D eigenvalue weighted by molar-refractivity contribution is -0.160. The highest BCUT2D eigenvalue weighted by atomic mass is 19.4. The van der Waals surface area contributed by atoms with Gasteiger partial charge in [0.1, 0.15) is 6.04 Å². The van der Waals surface area contributed by atoms with E-state index >= 15 is 0 Å². The van der Waals surface area contributed by atoms with Crippen LogP contribution in [-0.4, -0.2) is 50.5 Å². The van der Waals surface area contributed by atoms with Gasteiger partial charge in [-0.15, -0.1) is 0 Å². The smallest absolute Gasteiger partial charge is 0.391 e. The monoisotopic (exact) mass is 379 g/mol. The maximum Gasteiger partial charge on any atom is 0.391 e. The van der Waals surface area contributed by atoms with E-state index in [1.165, 1.54) is 21.3 Å². The lowest BCUT2D eigenvalue weighted by Gasteiger charge is -2.17. The molecule has 7 nitrogen and oxygen atoms in total. The summed E-state index contributed by atoms with van der Waals surface area (Å²) in [6, 6.07) is 1.17. The summed E-state index contributed by atoms with van der Waals surface area (Å²) >= 11 is 0. The zero-order valence-corrected chi connectivity index (χ0v) is 14.5. The Morgan fingerprint density at radius 2 is 1.65 bits per heavy atom. The SMILES string of the molecule is COc1cc(CCC(=O)NC(CC(F)(F)F)C(=O)O)cc(OC)c1OC. The standard InChI is InChI=1S/C16H20F3NO6/c1-24-11-6-9(7-12(25-2)14(11)26-3)4-5-13(21)20-10(15(22)23)8-16(17,18)19/h6-7,10H,4-5,8H2,1-3H3,(H,20,21)(H,22,23). The fourth-order valence-corrected chi connectivity index (χ4v) is 2.24. The first-order valence-corrected chi connectivity index (χ1v) is 7.49. The van der Waals surface area contributed by atoms with Crippen LogP contribution in [0.2, 0.25) is 0 Å². The van der Waals surface area contributed by atoms with Gasteiger partial charge in [-0.05, 0) is 24.1 Å². The minimum atomic E-state index is -4.70. The van der Waals surface area contributed by atoms with Crippen molar-refractivity contribution in [2.24, 2.45) is 0 Å². The Balaban J connectivity index is 2.79. The zero-order valence-electron chi connectivity index (χ0n) is 14.5. The van der Waals surface area contributed by atoms with Gasteiger partial charge in [0.25, 0.3) is 0 Å². The van der Waals surface area contributed by atoms with Crippen molar-refractivity contribution in [3.63, 3.8) is 0 Å². The molecule has 0 aliphatic carbocycles. The number of hydrogen-bond donors (Lipinski definition) is 2. The third-order valence-corrected chi connectivity index (χ3v) is 3.43. The summed E-state index contributed by atoms with van der Waals surface area (Å²) in [5, 5.41) is 10.7. The molecule has 0 heterocycles. The fourth-order valence-electron chi connectivity index (χ4n) is 2.24. The summed E-state index contributed by atoms with van der Waals surface area (Å²) in [7, 11) is 4.27. The molecular formula is C16H20F3NO6. The lowest BCUT2D eigenvalue weighted by atomic mass is 10.1. The molecule has 146 valence electrons. The van der Waals surface area contributed by atoms with Gasteiger partial charge in [0.05, 0.1) is 27.8 Å². The van der Waals surface area contributed by atoms with Gasteiger partial charge in [-0.2, -0.15) is 13.2 Å². The van der Waals surface area contributed by atoms with Crippen LogP contribution in [0.15, 0.2) is 12.1 Å². The molecule has 1 atom stereocenters. The van der Waals surface area contributed by atoms with Gasteiger partial charge in [0.2, 0.25) is 11.7 Å². The van der Waals surface area contributed by atoms with Crippen molar-refractivity contribution in [2.45, 2.75) is 31.5 Å². The Morgan fingerprint density at radius 1 is 1.12 bits per heavy atom. The molecule has 1 rings (SSSR count). The Labute approximate surface area is 148 Å². The third-order valence-electron chi connectivity index (χ3n) is 3.43. The number of nitrogens with one attached hydrogen (secondary N) is 1. The number of alkyl halides is 3. The van der Waals surface area contributed by atoms with Gasteiger partial charge in [-0.1, -0.05) is 0 Å². The predicted octanol–water partition coefficient (Wildman–Crippen LogP) is 2.17. The molecule has 0 fully saturated rings. The van der Waals surface area contributed by atoms with Crippen molar-refractivity contribution < 1.29 is 42.1 Å². The molecule has 26 heavy (non-hydrogen) atoms. The molecule has 0 aromatic heterocycles. The zero-order chi connectivity index (χ0) is 19.9. The van der Waals surface area contributed by atoms with Crippen molar-refractivity contribution in [1.29, 1.82) is 0 Å². The normalized spacial score (nSPS) is 12.2. The number of methoxy groups -OCH3 is 3. The number of rotatable bonds is 9. The van der Waals surface area contributed by atoms with E-state index in [4.69, 9.17) is 19.3 Å². The second-order valence-electron chi connectivity index (χ2n) is 5.31. The molecule has 0 radical (unpaired) electrons. The van der Waals surface area contributed by atoms with Crippen molar-refractivity contribution in [1.82, 2.24) is 5.32 Å². The van der Waals surface area contributed by atoms with Crippen LogP contribution in [0.5, 0.6) is 17.2 Å². The summed E-state index contributed by atoms with van der Waals surface area (Å²) in [5.41, 5.74) is 0.609. The molecule has 0 bridgehead atoms. The summed E-state index contributed by atoms with van der Waals surface area (Å²) in [4.78, 5) is 22.7. The maximum atomic E-state index is 12.4. The van der Waals surface area contributed by atoms with Crippen molar-refractivity contribution >= 4 is 11.9 Å². The molecule has 0 aliphatic heterocycles. The van der Waals surface area contributed by atoms with Gasteiger partial charge >= 0.3 is 12.1 Å². The Bertz CT molecular complexity index is 622. The number of benzene rings is 1. The van der Waals surface area contributed by atoms with E-state index < -0.39 is 30.5 Å². The highest BCUT2D eigenvalue weighted by molar-refractivity contribution is 5.83. The topological polar surface area (TPSA) is 94.1 Å². The number of aliphatic carboxylic acids is 1. The number of carboxylic acids is 1. The van der Waals surface area contributed by atoms with Crippen LogP contribution in [0.3, 0.4) is 0 Å². The third kappa shape index (κ3) is 6.34. The van der Waals surface area contributed by atoms with Crippen LogP contribution in [0, 0.1) is 0 Å². The van der Waals surface area contributed by atoms with Crippen LogP contribution in [0.25, 0.3) is 0 Å². The quantitative estimate of drug-likeness (QED) is 0.683. The molecule has 1 unspecified atom stereocenters. The summed E-state index contributed by atoms with van der Waals surface area (Å²) in [5.74, 6) is -1.47. The van der Waals surface area contributed by atoms with E-state index in [0.717, 1.165) is 0 Å². The van der Waals surface area contributed by atoms with Gasteiger partial charge < -0.3 is 24.6 Å². The predicted molar refractivity (Wildman–Crippen MR) is 84.7 cm³/mol. The number of ether oxygens (including phenoxy) is 3. The van der Waals surface area contributed by atoms with Crippen LogP contribution < -0.4 is 19.5 Å². The molecule has 0 spiro atoms. The first-order valence-electron chi connectivity index (χ1n) is 7.49. The van der Waals surface area contributed by atoms with E-state index in [1.807, 2.05) is 5.32 Å². The average Bonchev–Trinajstić information content (AvgIpc) is 2.56. The average molecular weight is 379 g/mol. The lowest BCUT2D eigenvalue weighted by Crippen LogP contribution is -2.43. The number of aryl methyl sites for hydroxylation is 1. The highest BCUT2D eigenvalue weighted by Crippen LogP contribution is 2.38. The first-order chi connectivity index (χ1) is 12.1. The molecule has 2 N–H and O–H groups in total. The van der Waals surface area contributed by atoms with E-state index in [-0.39, 0.29) is 12.8 Å². The Hall–Kier alpha value is -2.65. The highest BCUT2D eigenvalue weighted by Gasteiger charge is 2.36. The van der Waals surface area contributed by atoms with E-state index in [9.17, 15) is 22.8 Å². The second-order valence-corrected chi connectivity index (χ2v) is 5.31. The van der Waals surface area contributed by atoms with Crippen molar-refractivity contribution in [3.05, 3.63) is 17.7 Å². The molecule has 10 heteroatoms. The van der Waals surface area contributed by atoms with Crippen LogP contribution >= 0.6 is 0 Å². The second kappa shape index (κ2) is 9.16. The fraction of sp³-hybridized carbons (Fsp3) is 0.500. The number of carbonyl (C=O) groups excluding carboxylic acids is 1. The molecule has 0 aliphatic rings. The van der Waals surface area contributed by atoms with Gasteiger partial charge in [0, 0.05) is 6.42 Å². The summed E-state index contributed by atoms with van der Waals surface area (Å²) in [6.45, 7) is 0. The van der Waals surface area contributed by atoms with Gasteiger partial charge in [-0.3, -0.25) is 4.79 Å². The van der Waals surface area contributed by atoms with Crippen LogP contribution in [0.4, 0.5) is 13.2 Å². The minimum Gasteiger partial charge on any atom is -0.493 e. The number of halogens is 3. The Kier molecular flexibility index (Phi) is 7.54. The van der Waals surface area contributed by atoms with Crippen LogP contribution in [0.1, 0.15) is 18.4 Å². The van der Waals surface area contributed by atoms with Crippen LogP contribution in [-0.2, 0) is 16.0 Å². The van der Waals surface area contributed by atoms with Crippen molar-refractivity contribution in [3.8, 4) is 17.2 Å². The van der Waals surface area contributed by atoms with E-state index in [1.54, 1.807) is 12.1 Å². The molecule has 0 saturated carbocycles. The number of carbonyl (C=O) groups is 2. The number of hydrogen-bond acceptors (Lipinski definition) is 5. The van der Waals surface area contributed by atoms with Crippen molar-refractivity contribution in [2.75, 3.05) is 21.3 Å². The van der Waals surface area contributed by atoms with E-state index in [2.05, 4.69) is 0 Å². The van der Waals surface area contributed by atoms with Gasteiger partial charge in [0.15, 0.2) is 11.5 Å². The summed E-state index contributed by atoms with van der Waals surface area (Å²) < 4.78 is 52.6. The minimum absolute atomic E-state index is 0.140. The molecule has 1 amide bonds. The number of carboxylic acid groups (broad SMARTS) is 1. The largest absolute Gasteiger partial charge is 0.493 e. The van der Waals surface area contributed by atoms with Gasteiger partial charge in [-0.25, -0.2) is 4.79 Å². The first kappa shape index (κ1) is 21.4. The molecule has 0 saturated heterocycles. The molecular weight excluding hydrogens is 359 g/mol. The summed E-state index contributed by atoms with van der Waals surface area (Å²) in [6.07, 6.45) is -6.41. The van der Waals surface area contributed by atoms with E-state index in [0.29, 0.717) is 22.8 Å². The maximum absolute atomic E-state index is 12.4. The number of amides is 1.